The molecule has 1 saturated heterocycles. The van der Waals surface area contributed by atoms with Crippen LogP contribution in [0.4, 0.5) is 0 Å². The van der Waals surface area contributed by atoms with E-state index in [-0.39, 0.29) is 5.70 Å². The fourth-order valence-electron chi connectivity index (χ4n) is 3.79. The summed E-state index contributed by atoms with van der Waals surface area (Å²) in [5, 5.41) is 11.6. The number of thioether (sulfide) groups is 1. The molecule has 2 amide bonds. The Balaban J connectivity index is 1.49. The average molecular weight is 479 g/mol. The van der Waals surface area contributed by atoms with Crippen LogP contribution >= 0.6 is 11.8 Å². The fraction of sp³-hybridized carbons (Fsp3) is 0.200. The third kappa shape index (κ3) is 4.74. The van der Waals surface area contributed by atoms with Crippen molar-refractivity contribution < 1.29 is 29.0 Å². The van der Waals surface area contributed by atoms with Gasteiger partial charge in [0, 0.05) is 17.4 Å². The number of carboxylic acids is 1. The van der Waals surface area contributed by atoms with Gasteiger partial charge in [-0.1, -0.05) is 60.7 Å². The van der Waals surface area contributed by atoms with E-state index in [1.165, 1.54) is 22.7 Å². The van der Waals surface area contributed by atoms with Crippen LogP contribution in [-0.4, -0.2) is 50.9 Å². The van der Waals surface area contributed by atoms with Crippen molar-refractivity contribution in [3.05, 3.63) is 89.1 Å². The average Bonchev–Trinajstić information content (AvgIpc) is 2.85. The summed E-state index contributed by atoms with van der Waals surface area (Å²) in [6.45, 7) is 1.67. The van der Waals surface area contributed by atoms with Gasteiger partial charge in [0.25, 0.3) is 11.8 Å². The Bertz CT molecular complexity index is 1180. The van der Waals surface area contributed by atoms with Gasteiger partial charge in [-0.05, 0) is 24.1 Å². The number of aliphatic carboxylic acids is 1. The molecule has 8 nitrogen and oxygen atoms in total. The maximum absolute atomic E-state index is 13.1. The number of ether oxygens (including phenoxy) is 1. The Morgan fingerprint density at radius 2 is 1.76 bits per heavy atom. The number of nitrogens with zero attached hydrogens (tertiary/aromatic N) is 1. The van der Waals surface area contributed by atoms with Crippen LogP contribution < -0.4 is 5.32 Å². The standard InChI is InChI=1S/C25H22N2O6S/c1-15-14-34-24-19(23(30)27(24)20(15)25(31)32)26-22(29)21(17-10-6-3-7-11-17)33-18(28)13-12-16-8-4-2-5-9-16/h2-13,19,21,24H,14H2,1H3,(H,26,29)(H,31,32)/b13-12+/t19?,21?,24-/m1/s1. The van der Waals surface area contributed by atoms with Gasteiger partial charge in [0.05, 0.1) is 0 Å². The first-order chi connectivity index (χ1) is 16.4. The molecule has 0 saturated carbocycles. The van der Waals surface area contributed by atoms with Crippen molar-refractivity contribution in [3.8, 4) is 0 Å². The molecule has 9 heteroatoms. The number of rotatable bonds is 7. The normalized spacial score (nSPS) is 20.4. The minimum Gasteiger partial charge on any atom is -0.477 e. The number of fused-ring (bicyclic) bond motifs is 1. The van der Waals surface area contributed by atoms with Gasteiger partial charge in [0.1, 0.15) is 17.1 Å². The first-order valence-corrected chi connectivity index (χ1v) is 11.6. The van der Waals surface area contributed by atoms with Crippen LogP contribution in [0.3, 0.4) is 0 Å². The highest BCUT2D eigenvalue weighted by atomic mass is 32.2. The number of β-lactam (4-membered cyclic amide) rings is 1. The lowest BCUT2D eigenvalue weighted by molar-refractivity contribution is -0.156. The Hall–Kier alpha value is -3.85. The van der Waals surface area contributed by atoms with E-state index >= 15 is 0 Å². The van der Waals surface area contributed by atoms with E-state index in [0.29, 0.717) is 16.9 Å². The molecule has 2 aliphatic rings. The zero-order valence-electron chi connectivity index (χ0n) is 18.2. The van der Waals surface area contributed by atoms with Crippen LogP contribution in [0, 0.1) is 0 Å². The zero-order valence-corrected chi connectivity index (χ0v) is 19.0. The Morgan fingerprint density at radius 3 is 2.41 bits per heavy atom. The summed E-state index contributed by atoms with van der Waals surface area (Å²) in [7, 11) is 0. The second kappa shape index (κ2) is 9.96. The van der Waals surface area contributed by atoms with Crippen molar-refractivity contribution in [2.75, 3.05) is 5.75 Å². The molecule has 174 valence electrons. The molecule has 2 aromatic rings. The van der Waals surface area contributed by atoms with Crippen molar-refractivity contribution >= 4 is 41.6 Å². The number of benzene rings is 2. The minimum absolute atomic E-state index is 0.0451. The molecule has 0 bridgehead atoms. The molecule has 0 aliphatic carbocycles. The van der Waals surface area contributed by atoms with Gasteiger partial charge in [0.2, 0.25) is 6.10 Å². The number of hydrogen-bond donors (Lipinski definition) is 2. The van der Waals surface area contributed by atoms with Crippen LogP contribution in [0.5, 0.6) is 0 Å². The number of nitrogens with one attached hydrogen (secondary N) is 1. The van der Waals surface area contributed by atoms with Crippen molar-refractivity contribution in [3.63, 3.8) is 0 Å². The number of carbonyl (C=O) groups excluding carboxylic acids is 3. The molecule has 1 fully saturated rings. The second-order valence-electron chi connectivity index (χ2n) is 7.80. The van der Waals surface area contributed by atoms with Gasteiger partial charge in [-0.3, -0.25) is 14.5 Å². The van der Waals surface area contributed by atoms with E-state index in [9.17, 15) is 24.3 Å². The Kier molecular flexibility index (Phi) is 6.83. The molecule has 2 N–H and O–H groups in total. The topological polar surface area (TPSA) is 113 Å². The zero-order chi connectivity index (χ0) is 24.2. The first-order valence-electron chi connectivity index (χ1n) is 10.5. The van der Waals surface area contributed by atoms with Gasteiger partial charge in [0.15, 0.2) is 0 Å². The predicted molar refractivity (Wildman–Crippen MR) is 126 cm³/mol. The molecule has 2 heterocycles. The summed E-state index contributed by atoms with van der Waals surface area (Å²) >= 11 is 1.37. The summed E-state index contributed by atoms with van der Waals surface area (Å²) < 4.78 is 5.46. The summed E-state index contributed by atoms with van der Waals surface area (Å²) in [5.41, 5.74) is 1.79. The van der Waals surface area contributed by atoms with E-state index in [2.05, 4.69) is 5.32 Å². The molecule has 0 aromatic heterocycles. The maximum atomic E-state index is 13.1. The summed E-state index contributed by atoms with van der Waals surface area (Å²) in [6.07, 6.45) is 1.54. The van der Waals surface area contributed by atoms with E-state index in [4.69, 9.17) is 4.74 Å². The molecule has 34 heavy (non-hydrogen) atoms. The van der Waals surface area contributed by atoms with E-state index in [0.717, 1.165) is 5.56 Å². The Morgan fingerprint density at radius 1 is 1.12 bits per heavy atom. The van der Waals surface area contributed by atoms with Gasteiger partial charge in [-0.25, -0.2) is 9.59 Å². The van der Waals surface area contributed by atoms with E-state index in [1.807, 2.05) is 30.3 Å². The molecule has 2 aromatic carbocycles. The van der Waals surface area contributed by atoms with Gasteiger partial charge >= 0.3 is 11.9 Å². The third-order valence-corrected chi connectivity index (χ3v) is 6.87. The largest absolute Gasteiger partial charge is 0.477 e. The number of amides is 2. The van der Waals surface area contributed by atoms with Crippen LogP contribution in [0.1, 0.15) is 24.2 Å². The van der Waals surface area contributed by atoms with Crippen molar-refractivity contribution in [2.45, 2.75) is 24.4 Å². The van der Waals surface area contributed by atoms with Crippen LogP contribution in [0.2, 0.25) is 0 Å². The van der Waals surface area contributed by atoms with Crippen LogP contribution in [0.25, 0.3) is 6.08 Å². The van der Waals surface area contributed by atoms with Crippen molar-refractivity contribution in [2.24, 2.45) is 0 Å². The molecule has 2 unspecified atom stereocenters. The molecule has 0 spiro atoms. The number of carbonyl (C=O) groups is 4. The summed E-state index contributed by atoms with van der Waals surface area (Å²) in [6, 6.07) is 16.7. The van der Waals surface area contributed by atoms with E-state index < -0.39 is 41.3 Å². The molecule has 3 atom stereocenters. The smallest absolute Gasteiger partial charge is 0.352 e. The molecule has 0 radical (unpaired) electrons. The second-order valence-corrected chi connectivity index (χ2v) is 8.91. The molecular weight excluding hydrogens is 456 g/mol. The monoisotopic (exact) mass is 478 g/mol. The highest BCUT2D eigenvalue weighted by Crippen LogP contribution is 2.40. The molecule has 4 rings (SSSR count). The van der Waals surface area contributed by atoms with Crippen LogP contribution in [-0.2, 0) is 23.9 Å². The lowest BCUT2D eigenvalue weighted by Gasteiger charge is -2.49. The van der Waals surface area contributed by atoms with Gasteiger partial charge in [-0.2, -0.15) is 0 Å². The predicted octanol–water partition coefficient (Wildman–Crippen LogP) is 2.74. The Labute approximate surface area is 200 Å². The number of carboxylic acid groups (broad SMARTS) is 1. The highest BCUT2D eigenvalue weighted by Gasteiger charge is 2.54. The van der Waals surface area contributed by atoms with Crippen LogP contribution in [0.15, 0.2) is 78.0 Å². The maximum Gasteiger partial charge on any atom is 0.352 e. The SMILES string of the molecule is CC1=C(C(=O)O)N2C(=O)C(NC(=O)C(OC(=O)/C=C/c3ccccc3)c3ccccc3)[C@H]2SC1. The lowest BCUT2D eigenvalue weighted by atomic mass is 10.0. The molecular formula is C25H22N2O6S. The molecule has 2 aliphatic heterocycles. The van der Waals surface area contributed by atoms with Crippen molar-refractivity contribution in [1.82, 2.24) is 10.2 Å². The number of esters is 1. The van der Waals surface area contributed by atoms with Gasteiger partial charge < -0.3 is 15.2 Å². The number of hydrogen-bond acceptors (Lipinski definition) is 6. The summed E-state index contributed by atoms with van der Waals surface area (Å²) in [4.78, 5) is 51.1. The minimum atomic E-state index is -1.28. The van der Waals surface area contributed by atoms with Gasteiger partial charge in [-0.15, -0.1) is 11.8 Å². The lowest BCUT2D eigenvalue weighted by Crippen LogP contribution is -2.70. The fourth-order valence-corrected chi connectivity index (χ4v) is 5.08. The van der Waals surface area contributed by atoms with Crippen molar-refractivity contribution in [1.29, 1.82) is 0 Å². The van der Waals surface area contributed by atoms with E-state index in [1.54, 1.807) is 43.3 Å². The summed E-state index contributed by atoms with van der Waals surface area (Å²) in [5.74, 6) is -2.63. The highest BCUT2D eigenvalue weighted by molar-refractivity contribution is 8.00. The quantitative estimate of drug-likeness (QED) is 0.357. The third-order valence-electron chi connectivity index (χ3n) is 5.45. The first kappa shape index (κ1) is 23.3.